The quantitative estimate of drug-likeness (QED) is 0.0715. The standard InChI is InChI=1S/C33H64O12/c1-3-5-6-7-8-9-11-35-13-15-37-17-19-39-21-23-41-25-27-43-29-31-45-33-32-44-30-28-42-26-24-40-22-20-38-18-16-36-14-12-34-10-4-2/h2H,3,5-33H2,1H3. The molecule has 0 saturated heterocycles. The molecule has 0 atom stereocenters. The van der Waals surface area contributed by atoms with Crippen LogP contribution in [0.25, 0.3) is 0 Å². The second-order valence-electron chi connectivity index (χ2n) is 9.76. The first-order valence-corrected chi connectivity index (χ1v) is 16.8. The Labute approximate surface area is 273 Å². The van der Waals surface area contributed by atoms with Crippen LogP contribution in [0.15, 0.2) is 0 Å². The van der Waals surface area contributed by atoms with Crippen LogP contribution >= 0.6 is 0 Å². The lowest BCUT2D eigenvalue weighted by atomic mass is 10.1. The molecule has 0 unspecified atom stereocenters. The van der Waals surface area contributed by atoms with Crippen LogP contribution in [0.2, 0.25) is 0 Å². The van der Waals surface area contributed by atoms with Gasteiger partial charge < -0.3 is 56.8 Å². The summed E-state index contributed by atoms with van der Waals surface area (Å²) in [6.07, 6.45) is 12.8. The van der Waals surface area contributed by atoms with Gasteiger partial charge in [-0.2, -0.15) is 0 Å². The third kappa shape index (κ3) is 43.1. The van der Waals surface area contributed by atoms with Crippen molar-refractivity contribution in [2.24, 2.45) is 0 Å². The van der Waals surface area contributed by atoms with E-state index >= 15 is 0 Å². The smallest absolute Gasteiger partial charge is 0.107 e. The molecular formula is C33H64O12. The van der Waals surface area contributed by atoms with E-state index < -0.39 is 0 Å². The normalized spacial score (nSPS) is 11.4. The molecule has 0 N–H and O–H groups in total. The number of hydrogen-bond donors (Lipinski definition) is 0. The van der Waals surface area contributed by atoms with E-state index in [1.165, 1.54) is 32.1 Å². The highest BCUT2D eigenvalue weighted by Crippen LogP contribution is 2.04. The zero-order chi connectivity index (χ0) is 32.4. The fourth-order valence-corrected chi connectivity index (χ4v) is 3.53. The Morgan fingerprint density at radius 3 is 0.778 bits per heavy atom. The van der Waals surface area contributed by atoms with Crippen molar-refractivity contribution in [1.29, 1.82) is 0 Å². The van der Waals surface area contributed by atoms with Crippen molar-refractivity contribution < 1.29 is 56.8 Å². The average Bonchev–Trinajstić information content (AvgIpc) is 3.05. The maximum Gasteiger partial charge on any atom is 0.107 e. The van der Waals surface area contributed by atoms with Gasteiger partial charge >= 0.3 is 0 Å². The van der Waals surface area contributed by atoms with Gasteiger partial charge in [-0.3, -0.25) is 0 Å². The minimum Gasteiger partial charge on any atom is -0.379 e. The van der Waals surface area contributed by atoms with Gasteiger partial charge in [-0.05, 0) is 6.42 Å². The van der Waals surface area contributed by atoms with E-state index in [4.69, 9.17) is 63.3 Å². The largest absolute Gasteiger partial charge is 0.379 e. The molecule has 12 nitrogen and oxygen atoms in total. The molecule has 0 spiro atoms. The molecule has 0 aliphatic carbocycles. The van der Waals surface area contributed by atoms with Crippen LogP contribution in [0, 0.1) is 12.3 Å². The average molecular weight is 653 g/mol. The lowest BCUT2D eigenvalue weighted by Gasteiger charge is -2.09. The maximum absolute atomic E-state index is 5.58. The lowest BCUT2D eigenvalue weighted by molar-refractivity contribution is -0.0281. The van der Waals surface area contributed by atoms with E-state index in [0.717, 1.165) is 13.0 Å². The molecule has 0 aromatic carbocycles. The summed E-state index contributed by atoms with van der Waals surface area (Å²) in [5.41, 5.74) is 0. The van der Waals surface area contributed by atoms with Crippen LogP contribution in [0.3, 0.4) is 0 Å². The van der Waals surface area contributed by atoms with E-state index in [9.17, 15) is 0 Å². The lowest BCUT2D eigenvalue weighted by Crippen LogP contribution is -2.15. The highest BCUT2D eigenvalue weighted by Gasteiger charge is 1.97. The van der Waals surface area contributed by atoms with Gasteiger partial charge in [0.25, 0.3) is 0 Å². The number of terminal acetylenes is 1. The Morgan fingerprint density at radius 1 is 0.289 bits per heavy atom. The molecule has 45 heavy (non-hydrogen) atoms. The van der Waals surface area contributed by atoms with E-state index in [2.05, 4.69) is 12.8 Å². The first-order valence-electron chi connectivity index (χ1n) is 16.8. The van der Waals surface area contributed by atoms with Crippen molar-refractivity contribution in [1.82, 2.24) is 0 Å². The Bertz CT molecular complexity index is 564. The minimum atomic E-state index is 0.309. The van der Waals surface area contributed by atoms with Crippen molar-refractivity contribution in [2.45, 2.75) is 45.4 Å². The first-order chi connectivity index (χ1) is 22.4. The highest BCUT2D eigenvalue weighted by molar-refractivity contribution is 4.82. The summed E-state index contributed by atoms with van der Waals surface area (Å²) < 4.78 is 65.3. The molecule has 0 amide bonds. The third-order valence-corrected chi connectivity index (χ3v) is 5.92. The molecule has 0 aliphatic heterocycles. The summed E-state index contributed by atoms with van der Waals surface area (Å²) in [6.45, 7) is 15.1. The van der Waals surface area contributed by atoms with Gasteiger partial charge in [0.15, 0.2) is 0 Å². The van der Waals surface area contributed by atoms with Gasteiger partial charge in [-0.25, -0.2) is 0 Å². The van der Waals surface area contributed by atoms with Crippen LogP contribution in [0.4, 0.5) is 0 Å². The van der Waals surface area contributed by atoms with Crippen LogP contribution in [-0.4, -0.2) is 159 Å². The van der Waals surface area contributed by atoms with Crippen LogP contribution in [-0.2, 0) is 56.8 Å². The van der Waals surface area contributed by atoms with E-state index in [1.807, 2.05) is 0 Å². The molecule has 0 rings (SSSR count). The second kappa shape index (κ2) is 43.1. The number of rotatable bonds is 41. The van der Waals surface area contributed by atoms with Crippen molar-refractivity contribution in [3.63, 3.8) is 0 Å². The monoisotopic (exact) mass is 652 g/mol. The Hall–Kier alpha value is -0.920. The molecule has 0 heterocycles. The van der Waals surface area contributed by atoms with Crippen LogP contribution in [0.5, 0.6) is 0 Å². The molecule has 268 valence electrons. The second-order valence-corrected chi connectivity index (χ2v) is 9.76. The summed E-state index contributed by atoms with van der Waals surface area (Å²) in [6, 6.07) is 0. The molecule has 0 aliphatic rings. The summed E-state index contributed by atoms with van der Waals surface area (Å²) in [5.74, 6) is 2.40. The predicted molar refractivity (Wildman–Crippen MR) is 172 cm³/mol. The van der Waals surface area contributed by atoms with Gasteiger partial charge in [0.2, 0.25) is 0 Å². The topological polar surface area (TPSA) is 111 Å². The zero-order valence-electron chi connectivity index (χ0n) is 28.2. The van der Waals surface area contributed by atoms with Crippen molar-refractivity contribution >= 4 is 0 Å². The van der Waals surface area contributed by atoms with E-state index in [-0.39, 0.29) is 0 Å². The summed E-state index contributed by atoms with van der Waals surface area (Å²) >= 11 is 0. The molecule has 0 fully saturated rings. The molecule has 0 bridgehead atoms. The number of hydrogen-bond acceptors (Lipinski definition) is 12. The number of unbranched alkanes of at least 4 members (excludes halogenated alkanes) is 5. The molecule has 0 aromatic heterocycles. The van der Waals surface area contributed by atoms with Gasteiger partial charge in [0.1, 0.15) is 6.61 Å². The molecular weight excluding hydrogens is 588 g/mol. The van der Waals surface area contributed by atoms with Gasteiger partial charge in [-0.1, -0.05) is 44.9 Å². The van der Waals surface area contributed by atoms with Crippen LogP contribution in [0.1, 0.15) is 45.4 Å². The molecule has 0 saturated carbocycles. The van der Waals surface area contributed by atoms with E-state index in [0.29, 0.717) is 152 Å². The van der Waals surface area contributed by atoms with Crippen molar-refractivity contribution in [3.05, 3.63) is 0 Å². The van der Waals surface area contributed by atoms with Gasteiger partial charge in [0, 0.05) is 6.61 Å². The van der Waals surface area contributed by atoms with Gasteiger partial charge in [-0.15, -0.1) is 6.42 Å². The van der Waals surface area contributed by atoms with Crippen molar-refractivity contribution in [3.8, 4) is 12.3 Å². The Kier molecular flexibility index (Phi) is 42.2. The molecule has 12 heteroatoms. The van der Waals surface area contributed by atoms with E-state index in [1.54, 1.807) is 0 Å². The Morgan fingerprint density at radius 2 is 0.511 bits per heavy atom. The molecule has 0 aromatic rings. The maximum atomic E-state index is 5.58. The first kappa shape index (κ1) is 44.1. The van der Waals surface area contributed by atoms with Crippen molar-refractivity contribution in [2.75, 3.05) is 159 Å². The number of ether oxygens (including phenoxy) is 12. The third-order valence-electron chi connectivity index (χ3n) is 5.92. The fraction of sp³-hybridized carbons (Fsp3) is 0.939. The fourth-order valence-electron chi connectivity index (χ4n) is 3.53. The zero-order valence-corrected chi connectivity index (χ0v) is 28.2. The predicted octanol–water partition coefficient (Wildman–Crippen LogP) is 3.18. The summed E-state index contributed by atoms with van der Waals surface area (Å²) in [4.78, 5) is 0. The minimum absolute atomic E-state index is 0.309. The highest BCUT2D eigenvalue weighted by atomic mass is 16.6. The van der Waals surface area contributed by atoms with Gasteiger partial charge in [0.05, 0.1) is 145 Å². The summed E-state index contributed by atoms with van der Waals surface area (Å²) in [5, 5.41) is 0. The Balaban J connectivity index is 3.03. The van der Waals surface area contributed by atoms with Crippen LogP contribution < -0.4 is 0 Å². The summed E-state index contributed by atoms with van der Waals surface area (Å²) in [7, 11) is 0. The molecule has 0 radical (unpaired) electrons. The SMILES string of the molecule is C#CCOCCOCCOCCOCCOCCOCCOCCOCCOCCOCCOCCOCCCCCCCC.